The van der Waals surface area contributed by atoms with Crippen LogP contribution >= 0.6 is 11.3 Å². The summed E-state index contributed by atoms with van der Waals surface area (Å²) < 4.78 is 0. The Labute approximate surface area is 87.8 Å². The van der Waals surface area contributed by atoms with E-state index in [1.54, 1.807) is 11.4 Å². The predicted octanol–water partition coefficient (Wildman–Crippen LogP) is 2.33. The molecule has 0 bridgehead atoms. The van der Waals surface area contributed by atoms with Gasteiger partial charge in [0.2, 0.25) is 0 Å². The quantitative estimate of drug-likeness (QED) is 0.810. The van der Waals surface area contributed by atoms with Crippen molar-refractivity contribution >= 4 is 17.3 Å². The molecule has 0 spiro atoms. The zero-order valence-corrected chi connectivity index (χ0v) is 9.44. The molecule has 4 heteroatoms. The normalized spacial score (nSPS) is 11.6. The molecule has 0 amide bonds. The van der Waals surface area contributed by atoms with Crippen LogP contribution in [-0.2, 0) is 6.54 Å². The van der Waals surface area contributed by atoms with Crippen molar-refractivity contribution in [3.05, 3.63) is 21.9 Å². The van der Waals surface area contributed by atoms with Crippen LogP contribution in [0, 0.1) is 0 Å². The molecule has 2 N–H and O–H groups in total. The molecule has 1 aromatic heterocycles. The lowest BCUT2D eigenvalue weighted by Gasteiger charge is -2.19. The molecule has 0 aliphatic carbocycles. The van der Waals surface area contributed by atoms with Crippen molar-refractivity contribution in [2.75, 3.05) is 0 Å². The lowest BCUT2D eigenvalue weighted by atomic mass is 10.1. The minimum atomic E-state index is -0.858. The summed E-state index contributed by atoms with van der Waals surface area (Å²) in [5, 5.41) is 13.7. The van der Waals surface area contributed by atoms with Gasteiger partial charge in [-0.3, -0.25) is 0 Å². The molecule has 0 aliphatic rings. The SMILES string of the molecule is CC(C)(C)NCc1cc(C(=O)O)cs1. The number of carboxylic acids is 1. The van der Waals surface area contributed by atoms with E-state index in [1.807, 2.05) is 0 Å². The van der Waals surface area contributed by atoms with Crippen LogP contribution < -0.4 is 5.32 Å². The fraction of sp³-hybridized carbons (Fsp3) is 0.500. The molecule has 0 saturated carbocycles. The summed E-state index contributed by atoms with van der Waals surface area (Å²) in [6.45, 7) is 6.97. The molecule has 1 rings (SSSR count). The summed E-state index contributed by atoms with van der Waals surface area (Å²) in [6.07, 6.45) is 0. The zero-order chi connectivity index (χ0) is 10.8. The van der Waals surface area contributed by atoms with Crippen molar-refractivity contribution in [1.29, 1.82) is 0 Å². The van der Waals surface area contributed by atoms with Gasteiger partial charge < -0.3 is 10.4 Å². The standard InChI is InChI=1S/C10H15NO2S/c1-10(2,3)11-5-8-4-7(6-14-8)9(12)13/h4,6,11H,5H2,1-3H3,(H,12,13). The van der Waals surface area contributed by atoms with Crippen LogP contribution in [0.1, 0.15) is 36.0 Å². The van der Waals surface area contributed by atoms with Gasteiger partial charge >= 0.3 is 5.97 Å². The minimum absolute atomic E-state index is 0.0629. The summed E-state index contributed by atoms with van der Waals surface area (Å²) in [6, 6.07) is 1.71. The van der Waals surface area contributed by atoms with Crippen LogP contribution in [0.5, 0.6) is 0 Å². The Morgan fingerprint density at radius 3 is 2.64 bits per heavy atom. The topological polar surface area (TPSA) is 49.3 Å². The maximum Gasteiger partial charge on any atom is 0.336 e. The molecular formula is C10H15NO2S. The van der Waals surface area contributed by atoms with Crippen molar-refractivity contribution in [2.24, 2.45) is 0 Å². The number of rotatable bonds is 3. The van der Waals surface area contributed by atoms with Gasteiger partial charge in [-0.2, -0.15) is 0 Å². The maximum atomic E-state index is 10.6. The van der Waals surface area contributed by atoms with Crippen molar-refractivity contribution in [1.82, 2.24) is 5.32 Å². The van der Waals surface area contributed by atoms with E-state index < -0.39 is 5.97 Å². The summed E-state index contributed by atoms with van der Waals surface area (Å²) in [5.41, 5.74) is 0.439. The van der Waals surface area contributed by atoms with Gasteiger partial charge in [0.1, 0.15) is 0 Å². The molecule has 0 aromatic carbocycles. The Bertz CT molecular complexity index is 325. The van der Waals surface area contributed by atoms with Gasteiger partial charge in [0.25, 0.3) is 0 Å². The van der Waals surface area contributed by atoms with Gasteiger partial charge in [-0.25, -0.2) is 4.79 Å². The third-order valence-electron chi connectivity index (χ3n) is 1.69. The summed E-state index contributed by atoms with van der Waals surface area (Å²) >= 11 is 1.48. The second-order valence-electron chi connectivity index (χ2n) is 4.21. The Balaban J connectivity index is 2.56. The van der Waals surface area contributed by atoms with Gasteiger partial charge in [0.05, 0.1) is 5.56 Å². The zero-order valence-electron chi connectivity index (χ0n) is 8.63. The first kappa shape index (κ1) is 11.2. The van der Waals surface area contributed by atoms with E-state index in [0.29, 0.717) is 5.56 Å². The molecule has 1 aromatic rings. The van der Waals surface area contributed by atoms with Crippen LogP contribution in [-0.4, -0.2) is 16.6 Å². The first-order valence-corrected chi connectivity index (χ1v) is 5.32. The van der Waals surface area contributed by atoms with Crippen molar-refractivity contribution in [3.63, 3.8) is 0 Å². The van der Waals surface area contributed by atoms with Crippen molar-refractivity contribution in [3.8, 4) is 0 Å². The third-order valence-corrected chi connectivity index (χ3v) is 2.63. The molecule has 0 saturated heterocycles. The molecule has 78 valence electrons. The average Bonchev–Trinajstić information content (AvgIpc) is 2.47. The first-order valence-electron chi connectivity index (χ1n) is 4.44. The molecule has 3 nitrogen and oxygen atoms in total. The Morgan fingerprint density at radius 2 is 2.21 bits per heavy atom. The van der Waals surface area contributed by atoms with Gasteiger partial charge in [0.15, 0.2) is 0 Å². The second-order valence-corrected chi connectivity index (χ2v) is 5.21. The molecule has 0 radical (unpaired) electrons. The highest BCUT2D eigenvalue weighted by Crippen LogP contribution is 2.15. The smallest absolute Gasteiger partial charge is 0.336 e. The van der Waals surface area contributed by atoms with Crippen LogP contribution in [0.3, 0.4) is 0 Å². The van der Waals surface area contributed by atoms with Crippen LogP contribution in [0.25, 0.3) is 0 Å². The van der Waals surface area contributed by atoms with E-state index in [4.69, 9.17) is 5.11 Å². The van der Waals surface area contributed by atoms with Crippen LogP contribution in [0.2, 0.25) is 0 Å². The monoisotopic (exact) mass is 213 g/mol. The van der Waals surface area contributed by atoms with Crippen LogP contribution in [0.4, 0.5) is 0 Å². The molecule has 0 atom stereocenters. The predicted molar refractivity (Wildman–Crippen MR) is 57.9 cm³/mol. The van der Waals surface area contributed by atoms with Gasteiger partial charge in [-0.15, -0.1) is 11.3 Å². The van der Waals surface area contributed by atoms with Gasteiger partial charge in [-0.1, -0.05) is 0 Å². The van der Waals surface area contributed by atoms with Crippen molar-refractivity contribution in [2.45, 2.75) is 32.9 Å². The second kappa shape index (κ2) is 4.11. The highest BCUT2D eigenvalue weighted by atomic mass is 32.1. The number of carboxylic acid groups (broad SMARTS) is 1. The number of hydrogen-bond donors (Lipinski definition) is 2. The molecule has 14 heavy (non-hydrogen) atoms. The summed E-state index contributed by atoms with van der Waals surface area (Å²) in [7, 11) is 0. The molecule has 1 heterocycles. The number of carbonyl (C=O) groups is 1. The minimum Gasteiger partial charge on any atom is -0.478 e. The number of nitrogens with one attached hydrogen (secondary N) is 1. The lowest BCUT2D eigenvalue weighted by molar-refractivity contribution is 0.0697. The fourth-order valence-corrected chi connectivity index (χ4v) is 1.74. The highest BCUT2D eigenvalue weighted by molar-refractivity contribution is 7.10. The number of hydrogen-bond acceptors (Lipinski definition) is 3. The first-order chi connectivity index (χ1) is 6.38. The molecular weight excluding hydrogens is 198 g/mol. The van der Waals surface area contributed by atoms with E-state index in [1.165, 1.54) is 11.3 Å². The van der Waals surface area contributed by atoms with E-state index in [0.717, 1.165) is 11.4 Å². The van der Waals surface area contributed by atoms with Gasteiger partial charge in [-0.05, 0) is 26.8 Å². The van der Waals surface area contributed by atoms with Crippen molar-refractivity contribution < 1.29 is 9.90 Å². The molecule has 0 aliphatic heterocycles. The average molecular weight is 213 g/mol. The highest BCUT2D eigenvalue weighted by Gasteiger charge is 2.10. The Hall–Kier alpha value is -0.870. The number of aromatic carboxylic acids is 1. The Morgan fingerprint density at radius 1 is 1.57 bits per heavy atom. The molecule has 0 fully saturated rings. The Kier molecular flexibility index (Phi) is 3.29. The van der Waals surface area contributed by atoms with Crippen LogP contribution in [0.15, 0.2) is 11.4 Å². The summed E-state index contributed by atoms with van der Waals surface area (Å²) in [4.78, 5) is 11.7. The van der Waals surface area contributed by atoms with Gasteiger partial charge in [0, 0.05) is 22.3 Å². The fourth-order valence-electron chi connectivity index (χ4n) is 0.938. The number of thiophene rings is 1. The third kappa shape index (κ3) is 3.47. The van der Waals surface area contributed by atoms with E-state index in [-0.39, 0.29) is 5.54 Å². The largest absolute Gasteiger partial charge is 0.478 e. The molecule has 0 unspecified atom stereocenters. The van der Waals surface area contributed by atoms with E-state index in [9.17, 15) is 4.79 Å². The van der Waals surface area contributed by atoms with E-state index in [2.05, 4.69) is 26.1 Å². The van der Waals surface area contributed by atoms with E-state index >= 15 is 0 Å². The lowest BCUT2D eigenvalue weighted by Crippen LogP contribution is -2.34. The maximum absolute atomic E-state index is 10.6. The summed E-state index contributed by atoms with van der Waals surface area (Å²) in [5.74, 6) is -0.858.